The zero-order valence-electron chi connectivity index (χ0n) is 11.0. The van der Waals surface area contributed by atoms with E-state index in [0.29, 0.717) is 12.1 Å². The van der Waals surface area contributed by atoms with Crippen LogP contribution in [0.4, 0.5) is 17.2 Å². The maximum atomic E-state index is 12.6. The first kappa shape index (κ1) is 11.7. The van der Waals surface area contributed by atoms with Gasteiger partial charge in [0.25, 0.3) is 5.91 Å². The highest BCUT2D eigenvalue weighted by molar-refractivity contribution is 6.13. The molecule has 2 heterocycles. The Bertz CT molecular complexity index is 652. The van der Waals surface area contributed by atoms with E-state index in [1.54, 1.807) is 11.1 Å². The number of anilines is 3. The predicted octanol–water partition coefficient (Wildman–Crippen LogP) is 3.11. The quantitative estimate of drug-likeness (QED) is 0.849. The number of hydrogen-bond acceptors (Lipinski definition) is 3. The molecule has 1 aliphatic heterocycles. The van der Waals surface area contributed by atoms with Crippen molar-refractivity contribution in [1.29, 1.82) is 0 Å². The Kier molecular flexibility index (Phi) is 2.71. The summed E-state index contributed by atoms with van der Waals surface area (Å²) in [5.74, 6) is 0.742. The van der Waals surface area contributed by atoms with E-state index in [-0.39, 0.29) is 5.91 Å². The van der Waals surface area contributed by atoms with Crippen molar-refractivity contribution in [3.05, 3.63) is 47.7 Å². The number of aryl methyl sites for hydroxylation is 1. The Morgan fingerprint density at radius 2 is 2.11 bits per heavy atom. The molecular weight excluding hydrogens is 238 g/mol. The van der Waals surface area contributed by atoms with E-state index in [0.717, 1.165) is 22.8 Å². The van der Waals surface area contributed by atoms with E-state index in [2.05, 4.69) is 10.3 Å². The van der Waals surface area contributed by atoms with Crippen molar-refractivity contribution in [2.75, 3.05) is 16.8 Å². The minimum absolute atomic E-state index is 0.0143. The summed E-state index contributed by atoms with van der Waals surface area (Å²) in [5.41, 5.74) is 3.41. The molecule has 4 nitrogen and oxygen atoms in total. The number of para-hydroxylation sites is 1. The zero-order chi connectivity index (χ0) is 13.4. The van der Waals surface area contributed by atoms with Gasteiger partial charge in [0.2, 0.25) is 0 Å². The third-order valence-corrected chi connectivity index (χ3v) is 3.39. The summed E-state index contributed by atoms with van der Waals surface area (Å²) in [6, 6.07) is 9.51. The summed E-state index contributed by atoms with van der Waals surface area (Å²) < 4.78 is 0. The number of fused-ring (bicyclic) bond motifs is 2. The van der Waals surface area contributed by atoms with Crippen molar-refractivity contribution >= 4 is 23.1 Å². The number of amides is 1. The van der Waals surface area contributed by atoms with Crippen LogP contribution in [0.3, 0.4) is 0 Å². The van der Waals surface area contributed by atoms with Gasteiger partial charge in [-0.2, -0.15) is 0 Å². The van der Waals surface area contributed by atoms with Crippen LogP contribution in [-0.2, 0) is 0 Å². The molecule has 3 rings (SSSR count). The van der Waals surface area contributed by atoms with Crippen LogP contribution >= 0.6 is 0 Å². The molecular formula is C15H15N3O. The first-order valence-corrected chi connectivity index (χ1v) is 6.36. The van der Waals surface area contributed by atoms with Crippen LogP contribution in [0.2, 0.25) is 0 Å². The Labute approximate surface area is 112 Å². The molecule has 0 aliphatic carbocycles. The molecule has 4 heteroatoms. The summed E-state index contributed by atoms with van der Waals surface area (Å²) in [7, 11) is 0. The summed E-state index contributed by atoms with van der Waals surface area (Å²) in [5, 5.41) is 3.29. The van der Waals surface area contributed by atoms with Crippen LogP contribution in [0.15, 0.2) is 36.5 Å². The molecule has 0 bridgehead atoms. The minimum atomic E-state index is 0.0143. The normalized spacial score (nSPS) is 13.4. The summed E-state index contributed by atoms with van der Waals surface area (Å²) in [4.78, 5) is 18.7. The van der Waals surface area contributed by atoms with E-state index in [1.807, 2.05) is 44.2 Å². The number of nitrogens with one attached hydrogen (secondary N) is 1. The number of benzene rings is 1. The number of pyridine rings is 1. The molecule has 0 spiro atoms. The molecule has 0 saturated heterocycles. The summed E-state index contributed by atoms with van der Waals surface area (Å²) >= 11 is 0. The lowest BCUT2D eigenvalue weighted by Gasteiger charge is -2.19. The second kappa shape index (κ2) is 4.39. The van der Waals surface area contributed by atoms with Crippen molar-refractivity contribution in [3.63, 3.8) is 0 Å². The zero-order valence-corrected chi connectivity index (χ0v) is 11.0. The SMILES string of the molecule is CCN1C(=O)c2cccc(C)c2Nc2ncccc21. The molecule has 1 aromatic carbocycles. The van der Waals surface area contributed by atoms with Gasteiger partial charge in [0.1, 0.15) is 0 Å². The summed E-state index contributed by atoms with van der Waals surface area (Å²) in [6.07, 6.45) is 1.73. The lowest BCUT2D eigenvalue weighted by Crippen LogP contribution is -2.30. The minimum Gasteiger partial charge on any atom is -0.338 e. The van der Waals surface area contributed by atoms with Gasteiger partial charge in [0.15, 0.2) is 5.82 Å². The van der Waals surface area contributed by atoms with Crippen LogP contribution < -0.4 is 10.2 Å². The fourth-order valence-electron chi connectivity index (χ4n) is 2.41. The molecule has 1 aromatic heterocycles. The Hall–Kier alpha value is -2.36. The Morgan fingerprint density at radius 1 is 1.26 bits per heavy atom. The van der Waals surface area contributed by atoms with Crippen molar-refractivity contribution in [2.24, 2.45) is 0 Å². The van der Waals surface area contributed by atoms with E-state index >= 15 is 0 Å². The van der Waals surface area contributed by atoms with Crippen LogP contribution in [0.25, 0.3) is 0 Å². The van der Waals surface area contributed by atoms with Gasteiger partial charge in [0.05, 0.1) is 16.9 Å². The van der Waals surface area contributed by atoms with Crippen LogP contribution in [0.5, 0.6) is 0 Å². The Balaban J connectivity index is 2.27. The summed E-state index contributed by atoms with van der Waals surface area (Å²) in [6.45, 7) is 4.57. The van der Waals surface area contributed by atoms with E-state index in [4.69, 9.17) is 0 Å². The average molecular weight is 253 g/mol. The Morgan fingerprint density at radius 3 is 2.89 bits per heavy atom. The van der Waals surface area contributed by atoms with Gasteiger partial charge in [-0.15, -0.1) is 0 Å². The van der Waals surface area contributed by atoms with Crippen molar-refractivity contribution < 1.29 is 4.79 Å². The predicted molar refractivity (Wildman–Crippen MR) is 76.0 cm³/mol. The number of nitrogens with zero attached hydrogens (tertiary/aromatic N) is 2. The number of carbonyl (C=O) groups is 1. The van der Waals surface area contributed by atoms with Crippen molar-refractivity contribution in [2.45, 2.75) is 13.8 Å². The topological polar surface area (TPSA) is 45.2 Å². The highest BCUT2D eigenvalue weighted by Gasteiger charge is 2.26. The molecule has 0 radical (unpaired) electrons. The second-order valence-corrected chi connectivity index (χ2v) is 4.54. The monoisotopic (exact) mass is 253 g/mol. The second-order valence-electron chi connectivity index (χ2n) is 4.54. The maximum absolute atomic E-state index is 12.6. The standard InChI is InChI=1S/C15H15N3O/c1-3-18-12-8-5-9-16-14(12)17-13-10(2)6-4-7-11(13)15(18)19/h4-9H,3H2,1-2H3,(H,16,17). The molecule has 96 valence electrons. The largest absolute Gasteiger partial charge is 0.338 e. The molecule has 1 N–H and O–H groups in total. The first-order chi connectivity index (χ1) is 9.22. The molecule has 0 unspecified atom stereocenters. The molecule has 19 heavy (non-hydrogen) atoms. The van der Waals surface area contributed by atoms with Crippen LogP contribution in [0, 0.1) is 6.92 Å². The molecule has 2 aromatic rings. The van der Waals surface area contributed by atoms with E-state index in [1.165, 1.54) is 0 Å². The van der Waals surface area contributed by atoms with E-state index < -0.39 is 0 Å². The van der Waals surface area contributed by atoms with Gasteiger partial charge in [-0.3, -0.25) is 4.79 Å². The smallest absolute Gasteiger partial charge is 0.260 e. The molecule has 0 atom stereocenters. The third-order valence-electron chi connectivity index (χ3n) is 3.39. The maximum Gasteiger partial charge on any atom is 0.260 e. The van der Waals surface area contributed by atoms with Gasteiger partial charge < -0.3 is 10.2 Å². The van der Waals surface area contributed by atoms with Crippen molar-refractivity contribution in [1.82, 2.24) is 4.98 Å². The lowest BCUT2D eigenvalue weighted by molar-refractivity contribution is 0.0989. The van der Waals surface area contributed by atoms with Crippen molar-refractivity contribution in [3.8, 4) is 0 Å². The molecule has 0 fully saturated rings. The van der Waals surface area contributed by atoms with Gasteiger partial charge in [-0.05, 0) is 37.6 Å². The highest BCUT2D eigenvalue weighted by atomic mass is 16.2. The highest BCUT2D eigenvalue weighted by Crippen LogP contribution is 2.35. The fraction of sp³-hybridized carbons (Fsp3) is 0.200. The van der Waals surface area contributed by atoms with Gasteiger partial charge >= 0.3 is 0 Å². The molecule has 1 amide bonds. The molecule has 1 aliphatic rings. The number of rotatable bonds is 1. The van der Waals surface area contributed by atoms with E-state index in [9.17, 15) is 4.79 Å². The third kappa shape index (κ3) is 1.76. The van der Waals surface area contributed by atoms with Gasteiger partial charge in [-0.1, -0.05) is 12.1 Å². The number of aromatic nitrogens is 1. The van der Waals surface area contributed by atoms with Crippen LogP contribution in [-0.4, -0.2) is 17.4 Å². The fourth-order valence-corrected chi connectivity index (χ4v) is 2.41. The molecule has 0 saturated carbocycles. The number of hydrogen-bond donors (Lipinski definition) is 1. The first-order valence-electron chi connectivity index (χ1n) is 6.36. The number of carbonyl (C=O) groups excluding carboxylic acids is 1. The average Bonchev–Trinajstić information content (AvgIpc) is 2.54. The van der Waals surface area contributed by atoms with Crippen LogP contribution in [0.1, 0.15) is 22.8 Å². The van der Waals surface area contributed by atoms with Gasteiger partial charge in [-0.25, -0.2) is 4.98 Å². The van der Waals surface area contributed by atoms with Gasteiger partial charge in [0, 0.05) is 12.7 Å². The lowest BCUT2D eigenvalue weighted by atomic mass is 10.1.